The molecule has 0 saturated carbocycles. The van der Waals surface area contributed by atoms with Crippen molar-refractivity contribution in [3.63, 3.8) is 0 Å². The fraction of sp³-hybridized carbons (Fsp3) is 0.267. The molecule has 2 aromatic rings. The lowest BCUT2D eigenvalue weighted by atomic mass is 10.1. The Morgan fingerprint density at radius 1 is 1.32 bits per heavy atom. The normalized spacial score (nSPS) is 10.7. The molecule has 0 spiro atoms. The van der Waals surface area contributed by atoms with E-state index in [-0.39, 0.29) is 5.82 Å². The zero-order chi connectivity index (χ0) is 13.8. The highest BCUT2D eigenvalue weighted by molar-refractivity contribution is 7.16. The van der Waals surface area contributed by atoms with Crippen LogP contribution in [0.15, 0.2) is 30.3 Å². The second-order valence-electron chi connectivity index (χ2n) is 4.63. The highest BCUT2D eigenvalue weighted by atomic mass is 32.1. The first kappa shape index (κ1) is 13.7. The zero-order valence-corrected chi connectivity index (χ0v) is 11.7. The standard InChI is InChI=1S/C15H15FN2S/c1-10(2)18-9-11-3-5-14(16)13(7-11)15-6-4-12(8-17)19-15/h3-7,10,18H,9H2,1-2H3. The molecule has 1 heterocycles. The molecule has 0 bridgehead atoms. The van der Waals surface area contributed by atoms with E-state index in [2.05, 4.69) is 25.2 Å². The van der Waals surface area contributed by atoms with E-state index in [1.807, 2.05) is 6.07 Å². The van der Waals surface area contributed by atoms with E-state index < -0.39 is 0 Å². The van der Waals surface area contributed by atoms with E-state index in [0.29, 0.717) is 23.0 Å². The second kappa shape index (κ2) is 5.96. The molecule has 1 aromatic carbocycles. The number of nitrogens with one attached hydrogen (secondary N) is 1. The topological polar surface area (TPSA) is 35.8 Å². The Hall–Kier alpha value is -1.70. The third kappa shape index (κ3) is 3.40. The summed E-state index contributed by atoms with van der Waals surface area (Å²) in [5.41, 5.74) is 1.60. The minimum absolute atomic E-state index is 0.250. The minimum atomic E-state index is -0.250. The van der Waals surface area contributed by atoms with E-state index in [1.54, 1.807) is 18.2 Å². The zero-order valence-electron chi connectivity index (χ0n) is 10.9. The quantitative estimate of drug-likeness (QED) is 0.917. The molecule has 1 aromatic heterocycles. The van der Waals surface area contributed by atoms with Crippen LogP contribution in [-0.4, -0.2) is 6.04 Å². The van der Waals surface area contributed by atoms with Crippen molar-refractivity contribution in [1.29, 1.82) is 5.26 Å². The average molecular weight is 274 g/mol. The molecule has 0 unspecified atom stereocenters. The molecule has 19 heavy (non-hydrogen) atoms. The van der Waals surface area contributed by atoms with Crippen molar-refractivity contribution >= 4 is 11.3 Å². The SMILES string of the molecule is CC(C)NCc1ccc(F)c(-c2ccc(C#N)s2)c1. The van der Waals surface area contributed by atoms with E-state index >= 15 is 0 Å². The Kier molecular flexibility index (Phi) is 4.31. The molecule has 0 aliphatic rings. The van der Waals surface area contributed by atoms with Crippen LogP contribution in [0.5, 0.6) is 0 Å². The van der Waals surface area contributed by atoms with Crippen LogP contribution in [0.25, 0.3) is 10.4 Å². The van der Waals surface area contributed by atoms with Crippen LogP contribution in [0, 0.1) is 17.1 Å². The Morgan fingerprint density at radius 2 is 2.11 bits per heavy atom. The summed E-state index contributed by atoms with van der Waals surface area (Å²) in [6.45, 7) is 4.85. The number of nitrogens with zero attached hydrogens (tertiary/aromatic N) is 1. The molecule has 2 nitrogen and oxygen atoms in total. The number of hydrogen-bond donors (Lipinski definition) is 1. The molecule has 0 atom stereocenters. The molecule has 0 fully saturated rings. The number of benzene rings is 1. The van der Waals surface area contributed by atoms with Gasteiger partial charge in [0.15, 0.2) is 0 Å². The number of nitriles is 1. The predicted octanol–water partition coefficient (Wildman–Crippen LogP) is 3.92. The van der Waals surface area contributed by atoms with Gasteiger partial charge in [0.2, 0.25) is 0 Å². The van der Waals surface area contributed by atoms with Crippen LogP contribution in [0.1, 0.15) is 24.3 Å². The van der Waals surface area contributed by atoms with Crippen LogP contribution < -0.4 is 5.32 Å². The predicted molar refractivity (Wildman–Crippen MR) is 76.4 cm³/mol. The number of halogens is 1. The average Bonchev–Trinajstić information content (AvgIpc) is 2.86. The Labute approximate surface area is 116 Å². The van der Waals surface area contributed by atoms with E-state index in [4.69, 9.17) is 5.26 Å². The lowest BCUT2D eigenvalue weighted by Gasteiger charge is -2.09. The van der Waals surface area contributed by atoms with Crippen molar-refractivity contribution in [2.24, 2.45) is 0 Å². The molecule has 0 amide bonds. The van der Waals surface area contributed by atoms with Gasteiger partial charge in [0.25, 0.3) is 0 Å². The van der Waals surface area contributed by atoms with E-state index in [9.17, 15) is 4.39 Å². The van der Waals surface area contributed by atoms with Crippen LogP contribution >= 0.6 is 11.3 Å². The smallest absolute Gasteiger partial charge is 0.131 e. The molecular formula is C15H15FN2S. The van der Waals surface area contributed by atoms with E-state index in [0.717, 1.165) is 10.4 Å². The van der Waals surface area contributed by atoms with Crippen molar-refractivity contribution in [3.8, 4) is 16.5 Å². The van der Waals surface area contributed by atoms with Crippen LogP contribution in [0.3, 0.4) is 0 Å². The van der Waals surface area contributed by atoms with Gasteiger partial charge in [-0.15, -0.1) is 11.3 Å². The van der Waals surface area contributed by atoms with Crippen LogP contribution in [-0.2, 0) is 6.54 Å². The molecule has 2 rings (SSSR count). The van der Waals surface area contributed by atoms with E-state index in [1.165, 1.54) is 17.4 Å². The molecule has 98 valence electrons. The van der Waals surface area contributed by atoms with Gasteiger partial charge in [0.05, 0.1) is 0 Å². The largest absolute Gasteiger partial charge is 0.310 e. The third-order valence-corrected chi connectivity index (χ3v) is 3.75. The monoisotopic (exact) mass is 274 g/mol. The van der Waals surface area contributed by atoms with Crippen molar-refractivity contribution in [2.75, 3.05) is 0 Å². The van der Waals surface area contributed by atoms with Gasteiger partial charge in [-0.25, -0.2) is 4.39 Å². The summed E-state index contributed by atoms with van der Waals surface area (Å²) in [7, 11) is 0. The molecule has 1 N–H and O–H groups in total. The molecular weight excluding hydrogens is 259 g/mol. The maximum Gasteiger partial charge on any atom is 0.131 e. The summed E-state index contributed by atoms with van der Waals surface area (Å²) in [5.74, 6) is -0.250. The van der Waals surface area contributed by atoms with Gasteiger partial charge in [-0.05, 0) is 29.8 Å². The fourth-order valence-electron chi connectivity index (χ4n) is 1.74. The molecule has 0 aliphatic heterocycles. The summed E-state index contributed by atoms with van der Waals surface area (Å²) in [6.07, 6.45) is 0. The summed E-state index contributed by atoms with van der Waals surface area (Å²) in [5, 5.41) is 12.1. The lowest BCUT2D eigenvalue weighted by molar-refractivity contribution is 0.586. The van der Waals surface area contributed by atoms with Crippen LogP contribution in [0.4, 0.5) is 4.39 Å². The van der Waals surface area contributed by atoms with Crippen molar-refractivity contribution in [2.45, 2.75) is 26.4 Å². The van der Waals surface area contributed by atoms with Gasteiger partial charge in [0.1, 0.15) is 16.8 Å². The maximum absolute atomic E-state index is 13.9. The molecule has 0 radical (unpaired) electrons. The lowest BCUT2D eigenvalue weighted by Crippen LogP contribution is -2.21. The molecule has 0 saturated heterocycles. The minimum Gasteiger partial charge on any atom is -0.310 e. The first-order valence-electron chi connectivity index (χ1n) is 6.12. The molecule has 4 heteroatoms. The summed E-state index contributed by atoms with van der Waals surface area (Å²) in [6, 6.07) is 11.1. The highest BCUT2D eigenvalue weighted by Gasteiger charge is 2.09. The van der Waals surface area contributed by atoms with Crippen molar-refractivity contribution in [3.05, 3.63) is 46.6 Å². The van der Waals surface area contributed by atoms with Gasteiger partial charge >= 0.3 is 0 Å². The third-order valence-electron chi connectivity index (χ3n) is 2.73. The number of rotatable bonds is 4. The Balaban J connectivity index is 2.29. The number of hydrogen-bond acceptors (Lipinski definition) is 3. The van der Waals surface area contributed by atoms with Gasteiger partial charge in [-0.1, -0.05) is 19.9 Å². The van der Waals surface area contributed by atoms with Crippen molar-refractivity contribution in [1.82, 2.24) is 5.32 Å². The highest BCUT2D eigenvalue weighted by Crippen LogP contribution is 2.30. The summed E-state index contributed by atoms with van der Waals surface area (Å²) in [4.78, 5) is 1.39. The van der Waals surface area contributed by atoms with Gasteiger partial charge in [-0.3, -0.25) is 0 Å². The number of thiophene rings is 1. The summed E-state index contributed by atoms with van der Waals surface area (Å²) < 4.78 is 13.9. The second-order valence-corrected chi connectivity index (χ2v) is 5.71. The van der Waals surface area contributed by atoms with Gasteiger partial charge in [0, 0.05) is 23.0 Å². The summed E-state index contributed by atoms with van der Waals surface area (Å²) >= 11 is 1.31. The van der Waals surface area contributed by atoms with Gasteiger partial charge in [-0.2, -0.15) is 5.26 Å². The first-order valence-corrected chi connectivity index (χ1v) is 6.94. The van der Waals surface area contributed by atoms with Crippen molar-refractivity contribution < 1.29 is 4.39 Å². The molecule has 0 aliphatic carbocycles. The van der Waals surface area contributed by atoms with Gasteiger partial charge < -0.3 is 5.32 Å². The Morgan fingerprint density at radius 3 is 2.74 bits per heavy atom. The van der Waals surface area contributed by atoms with Crippen LogP contribution in [0.2, 0.25) is 0 Å². The first-order chi connectivity index (χ1) is 9.10. The fourth-order valence-corrected chi connectivity index (χ4v) is 2.56. The Bertz CT molecular complexity index is 611. The maximum atomic E-state index is 13.9.